The summed E-state index contributed by atoms with van der Waals surface area (Å²) in [6.45, 7) is 5.03. The minimum atomic E-state index is -0.0237. The first-order valence-electron chi connectivity index (χ1n) is 6.28. The van der Waals surface area contributed by atoms with Gasteiger partial charge in [0.1, 0.15) is 0 Å². The van der Waals surface area contributed by atoms with E-state index in [4.69, 9.17) is 0 Å². The Bertz CT molecular complexity index is 414. The van der Waals surface area contributed by atoms with E-state index >= 15 is 0 Å². The number of amides is 1. The number of carbonyl (C=O) groups is 1. The first-order valence-corrected chi connectivity index (χ1v) is 6.28. The molecular weight excluding hydrogens is 248 g/mol. The maximum absolute atomic E-state index is 12.0. The zero-order valence-electron chi connectivity index (χ0n) is 11.0. The third kappa shape index (κ3) is 3.72. The second kappa shape index (κ2) is 6.76. The highest BCUT2D eigenvalue weighted by molar-refractivity contribution is 5.95. The van der Waals surface area contributed by atoms with Crippen molar-refractivity contribution in [3.8, 4) is 0 Å². The van der Waals surface area contributed by atoms with Gasteiger partial charge in [-0.2, -0.15) is 0 Å². The fraction of sp³-hybridized carbons (Fsp3) is 0.500. The lowest BCUT2D eigenvalue weighted by Gasteiger charge is -2.23. The lowest BCUT2D eigenvalue weighted by atomic mass is 10.0. The van der Waals surface area contributed by atoms with Gasteiger partial charge in [-0.25, -0.2) is 0 Å². The van der Waals surface area contributed by atoms with Crippen molar-refractivity contribution in [1.82, 2.24) is 5.32 Å². The zero-order chi connectivity index (χ0) is 12.3. The van der Waals surface area contributed by atoms with Gasteiger partial charge >= 0.3 is 0 Å². The maximum Gasteiger partial charge on any atom is 0.241 e. The fourth-order valence-corrected chi connectivity index (χ4v) is 2.25. The van der Waals surface area contributed by atoms with Crippen molar-refractivity contribution in [1.29, 1.82) is 0 Å². The first-order chi connectivity index (χ1) is 8.16. The number of rotatable bonds is 2. The zero-order valence-corrected chi connectivity index (χ0v) is 11.8. The molecule has 1 aromatic carbocycles. The minimum Gasteiger partial charge on any atom is -0.324 e. The molecule has 1 unspecified atom stereocenters. The molecule has 3 nitrogen and oxygen atoms in total. The number of hydrogen-bond acceptors (Lipinski definition) is 2. The van der Waals surface area contributed by atoms with Crippen LogP contribution in [0.2, 0.25) is 0 Å². The van der Waals surface area contributed by atoms with Crippen molar-refractivity contribution in [3.05, 3.63) is 29.3 Å². The highest BCUT2D eigenvalue weighted by Gasteiger charge is 2.20. The number of carbonyl (C=O) groups excluding carboxylic acids is 1. The van der Waals surface area contributed by atoms with Crippen molar-refractivity contribution >= 4 is 24.0 Å². The lowest BCUT2D eigenvalue weighted by Crippen LogP contribution is -2.43. The summed E-state index contributed by atoms with van der Waals surface area (Å²) in [5, 5.41) is 6.26. The summed E-state index contributed by atoms with van der Waals surface area (Å²) in [6.07, 6.45) is 3.25. The van der Waals surface area contributed by atoms with E-state index < -0.39 is 0 Å². The highest BCUT2D eigenvalue weighted by atomic mass is 35.5. The molecule has 1 fully saturated rings. The fourth-order valence-electron chi connectivity index (χ4n) is 2.25. The molecule has 1 aromatic rings. The Labute approximate surface area is 115 Å². The van der Waals surface area contributed by atoms with Gasteiger partial charge in [0.25, 0.3) is 0 Å². The van der Waals surface area contributed by atoms with E-state index in [1.807, 2.05) is 19.1 Å². The lowest BCUT2D eigenvalue weighted by molar-refractivity contribution is -0.118. The van der Waals surface area contributed by atoms with Gasteiger partial charge in [-0.1, -0.05) is 24.1 Å². The third-order valence-corrected chi connectivity index (χ3v) is 3.27. The van der Waals surface area contributed by atoms with Crippen LogP contribution >= 0.6 is 12.4 Å². The monoisotopic (exact) mass is 268 g/mol. The van der Waals surface area contributed by atoms with Gasteiger partial charge in [-0.05, 0) is 44.9 Å². The van der Waals surface area contributed by atoms with Crippen molar-refractivity contribution in [2.45, 2.75) is 39.2 Å². The summed E-state index contributed by atoms with van der Waals surface area (Å²) in [5.74, 6) is 0.0941. The van der Waals surface area contributed by atoms with E-state index in [2.05, 4.69) is 23.6 Å². The Morgan fingerprint density at radius 2 is 2.11 bits per heavy atom. The third-order valence-electron chi connectivity index (χ3n) is 3.27. The molecule has 1 atom stereocenters. The Morgan fingerprint density at radius 1 is 1.33 bits per heavy atom. The maximum atomic E-state index is 12.0. The Hall–Kier alpha value is -1.06. The Kier molecular flexibility index (Phi) is 5.63. The average Bonchev–Trinajstić information content (AvgIpc) is 2.34. The molecular formula is C14H21ClN2O. The van der Waals surface area contributed by atoms with Gasteiger partial charge in [0.05, 0.1) is 6.04 Å². The van der Waals surface area contributed by atoms with Crippen LogP contribution in [0.5, 0.6) is 0 Å². The number of nitrogens with one attached hydrogen (secondary N) is 2. The van der Waals surface area contributed by atoms with E-state index in [-0.39, 0.29) is 24.4 Å². The summed E-state index contributed by atoms with van der Waals surface area (Å²) in [7, 11) is 0. The van der Waals surface area contributed by atoms with E-state index in [0.717, 1.165) is 30.6 Å². The molecule has 1 aliphatic heterocycles. The molecule has 100 valence electrons. The quantitative estimate of drug-likeness (QED) is 0.866. The van der Waals surface area contributed by atoms with Crippen molar-refractivity contribution in [2.24, 2.45) is 0 Å². The van der Waals surface area contributed by atoms with Crippen LogP contribution in [0.1, 0.15) is 30.4 Å². The SMILES string of the molecule is Cc1ccc(NC(=O)C2CCCCN2)c(C)c1.Cl. The molecule has 2 rings (SSSR count). The Morgan fingerprint density at radius 3 is 2.72 bits per heavy atom. The van der Waals surface area contributed by atoms with Gasteiger partial charge in [0.15, 0.2) is 0 Å². The van der Waals surface area contributed by atoms with Crippen LogP contribution in [0.25, 0.3) is 0 Å². The number of aryl methyl sites for hydroxylation is 2. The molecule has 1 amide bonds. The molecule has 0 aromatic heterocycles. The van der Waals surface area contributed by atoms with Crippen molar-refractivity contribution in [3.63, 3.8) is 0 Å². The Balaban J connectivity index is 0.00000162. The van der Waals surface area contributed by atoms with Crippen molar-refractivity contribution < 1.29 is 4.79 Å². The first kappa shape index (κ1) is 15.0. The largest absolute Gasteiger partial charge is 0.324 e. The second-order valence-electron chi connectivity index (χ2n) is 4.81. The number of anilines is 1. The van der Waals surface area contributed by atoms with Crippen molar-refractivity contribution in [2.75, 3.05) is 11.9 Å². The molecule has 0 aliphatic carbocycles. The molecule has 4 heteroatoms. The number of halogens is 1. The van der Waals surface area contributed by atoms with Crippen LogP contribution in [0.4, 0.5) is 5.69 Å². The molecule has 0 saturated carbocycles. The minimum absolute atomic E-state index is 0. The normalized spacial score (nSPS) is 18.9. The van der Waals surface area contributed by atoms with Gasteiger partial charge in [0, 0.05) is 5.69 Å². The second-order valence-corrected chi connectivity index (χ2v) is 4.81. The summed E-state index contributed by atoms with van der Waals surface area (Å²) in [5.41, 5.74) is 3.26. The predicted octanol–water partition coefficient (Wildman–Crippen LogP) is 2.81. The number of benzene rings is 1. The van der Waals surface area contributed by atoms with Gasteiger partial charge in [-0.15, -0.1) is 12.4 Å². The van der Waals surface area contributed by atoms with Crippen LogP contribution in [-0.4, -0.2) is 18.5 Å². The van der Waals surface area contributed by atoms with Crippen LogP contribution in [-0.2, 0) is 4.79 Å². The molecule has 1 saturated heterocycles. The van der Waals surface area contributed by atoms with Crippen LogP contribution in [0, 0.1) is 13.8 Å². The van der Waals surface area contributed by atoms with Crippen LogP contribution in [0.3, 0.4) is 0 Å². The van der Waals surface area contributed by atoms with E-state index in [1.54, 1.807) is 0 Å². The number of piperidine rings is 1. The van der Waals surface area contributed by atoms with E-state index in [9.17, 15) is 4.79 Å². The summed E-state index contributed by atoms with van der Waals surface area (Å²) < 4.78 is 0. The molecule has 0 spiro atoms. The van der Waals surface area contributed by atoms with Gasteiger partial charge in [0.2, 0.25) is 5.91 Å². The topological polar surface area (TPSA) is 41.1 Å². The molecule has 2 N–H and O–H groups in total. The highest BCUT2D eigenvalue weighted by Crippen LogP contribution is 2.17. The molecule has 0 radical (unpaired) electrons. The average molecular weight is 269 g/mol. The molecule has 1 aliphatic rings. The van der Waals surface area contributed by atoms with Gasteiger partial charge < -0.3 is 10.6 Å². The molecule has 0 bridgehead atoms. The van der Waals surface area contributed by atoms with Crippen LogP contribution < -0.4 is 10.6 Å². The smallest absolute Gasteiger partial charge is 0.241 e. The summed E-state index contributed by atoms with van der Waals surface area (Å²) in [4.78, 5) is 12.0. The molecule has 1 heterocycles. The van der Waals surface area contributed by atoms with E-state index in [1.165, 1.54) is 12.0 Å². The summed E-state index contributed by atoms with van der Waals surface area (Å²) >= 11 is 0. The number of hydrogen-bond donors (Lipinski definition) is 2. The summed E-state index contributed by atoms with van der Waals surface area (Å²) in [6, 6.07) is 6.07. The van der Waals surface area contributed by atoms with Crippen LogP contribution in [0.15, 0.2) is 18.2 Å². The van der Waals surface area contributed by atoms with E-state index in [0.29, 0.717) is 0 Å². The van der Waals surface area contributed by atoms with Gasteiger partial charge in [-0.3, -0.25) is 4.79 Å². The predicted molar refractivity (Wildman–Crippen MR) is 77.4 cm³/mol. The standard InChI is InChI=1S/C14H20N2O.ClH/c1-10-6-7-12(11(2)9-10)16-14(17)13-5-3-4-8-15-13;/h6-7,9,13,15H,3-5,8H2,1-2H3,(H,16,17);1H. The molecule has 18 heavy (non-hydrogen) atoms.